The number of anilines is 1. The molecule has 0 atom stereocenters. The van der Waals surface area contributed by atoms with E-state index >= 15 is 0 Å². The van der Waals surface area contributed by atoms with Crippen LogP contribution in [0.2, 0.25) is 0 Å². The standard InChI is InChI=1S/C14H16N6/c1-19-7-6-11(10-19)9-15-13-5-3-4-12(8-13)14-16-17-18-20(14)2/h3-8,10,15H,9H2,1-2H3. The van der Waals surface area contributed by atoms with E-state index in [0.717, 1.165) is 23.6 Å². The summed E-state index contributed by atoms with van der Waals surface area (Å²) in [7, 11) is 3.85. The summed E-state index contributed by atoms with van der Waals surface area (Å²) in [5.41, 5.74) is 3.29. The second-order valence-corrected chi connectivity index (χ2v) is 4.75. The molecular formula is C14H16N6. The normalized spacial score (nSPS) is 10.7. The van der Waals surface area contributed by atoms with Gasteiger partial charge in [0.15, 0.2) is 5.82 Å². The van der Waals surface area contributed by atoms with Crippen molar-refractivity contribution in [1.29, 1.82) is 0 Å². The van der Waals surface area contributed by atoms with E-state index in [-0.39, 0.29) is 0 Å². The zero-order chi connectivity index (χ0) is 13.9. The van der Waals surface area contributed by atoms with Crippen LogP contribution in [0.25, 0.3) is 11.4 Å². The molecule has 6 nitrogen and oxygen atoms in total. The molecule has 3 rings (SSSR count). The predicted molar refractivity (Wildman–Crippen MR) is 77.0 cm³/mol. The van der Waals surface area contributed by atoms with Crippen LogP contribution in [0, 0.1) is 0 Å². The first-order valence-electron chi connectivity index (χ1n) is 6.40. The number of aromatic nitrogens is 5. The highest BCUT2D eigenvalue weighted by atomic mass is 15.5. The highest BCUT2D eigenvalue weighted by Crippen LogP contribution is 2.20. The molecule has 0 amide bonds. The molecule has 102 valence electrons. The van der Waals surface area contributed by atoms with Gasteiger partial charge in [-0.15, -0.1) is 5.10 Å². The number of aryl methyl sites for hydroxylation is 2. The van der Waals surface area contributed by atoms with E-state index in [1.807, 2.05) is 43.1 Å². The molecule has 0 saturated carbocycles. The lowest BCUT2D eigenvalue weighted by Crippen LogP contribution is -1.99. The Morgan fingerprint density at radius 2 is 2.10 bits per heavy atom. The van der Waals surface area contributed by atoms with Crippen LogP contribution in [0.5, 0.6) is 0 Å². The Morgan fingerprint density at radius 1 is 1.20 bits per heavy atom. The van der Waals surface area contributed by atoms with E-state index in [2.05, 4.69) is 39.2 Å². The molecule has 0 fully saturated rings. The molecule has 6 heteroatoms. The molecule has 0 aliphatic heterocycles. The van der Waals surface area contributed by atoms with Crippen molar-refractivity contribution in [3.05, 3.63) is 48.3 Å². The van der Waals surface area contributed by atoms with Crippen molar-refractivity contribution in [3.8, 4) is 11.4 Å². The average molecular weight is 268 g/mol. The van der Waals surface area contributed by atoms with Crippen molar-refractivity contribution >= 4 is 5.69 Å². The third-order valence-corrected chi connectivity index (χ3v) is 3.13. The topological polar surface area (TPSA) is 60.6 Å². The zero-order valence-corrected chi connectivity index (χ0v) is 11.5. The Hall–Kier alpha value is -2.63. The second-order valence-electron chi connectivity index (χ2n) is 4.75. The van der Waals surface area contributed by atoms with Gasteiger partial charge in [0.05, 0.1) is 0 Å². The Balaban J connectivity index is 1.76. The Morgan fingerprint density at radius 3 is 2.80 bits per heavy atom. The van der Waals surface area contributed by atoms with Crippen LogP contribution in [0.1, 0.15) is 5.56 Å². The van der Waals surface area contributed by atoms with E-state index in [4.69, 9.17) is 0 Å². The maximum atomic E-state index is 4.02. The van der Waals surface area contributed by atoms with Crippen LogP contribution in [0.4, 0.5) is 5.69 Å². The number of tetrazole rings is 1. The summed E-state index contributed by atoms with van der Waals surface area (Å²) in [6.07, 6.45) is 4.14. The third-order valence-electron chi connectivity index (χ3n) is 3.13. The lowest BCUT2D eigenvalue weighted by molar-refractivity contribution is 0.714. The molecule has 0 aliphatic carbocycles. The van der Waals surface area contributed by atoms with Crippen LogP contribution in [-0.4, -0.2) is 24.8 Å². The maximum absolute atomic E-state index is 4.02. The molecule has 1 N–H and O–H groups in total. The molecule has 0 bridgehead atoms. The van der Waals surface area contributed by atoms with Crippen molar-refractivity contribution in [2.24, 2.45) is 14.1 Å². The van der Waals surface area contributed by atoms with Crippen molar-refractivity contribution in [2.75, 3.05) is 5.32 Å². The van der Waals surface area contributed by atoms with Crippen LogP contribution in [-0.2, 0) is 20.6 Å². The third kappa shape index (κ3) is 2.54. The fraction of sp³-hybridized carbons (Fsp3) is 0.214. The Labute approximate surface area is 117 Å². The number of nitrogens with zero attached hydrogens (tertiary/aromatic N) is 5. The molecule has 0 unspecified atom stereocenters. The van der Waals surface area contributed by atoms with Crippen molar-refractivity contribution in [2.45, 2.75) is 6.54 Å². The van der Waals surface area contributed by atoms with E-state index in [0.29, 0.717) is 0 Å². The smallest absolute Gasteiger partial charge is 0.181 e. The number of hydrogen-bond acceptors (Lipinski definition) is 4. The van der Waals surface area contributed by atoms with Gasteiger partial charge in [-0.25, -0.2) is 4.68 Å². The van der Waals surface area contributed by atoms with Crippen molar-refractivity contribution < 1.29 is 0 Å². The van der Waals surface area contributed by atoms with Crippen LogP contribution in [0.3, 0.4) is 0 Å². The van der Waals surface area contributed by atoms with Gasteiger partial charge >= 0.3 is 0 Å². The molecule has 3 aromatic rings. The zero-order valence-electron chi connectivity index (χ0n) is 11.5. The van der Waals surface area contributed by atoms with Crippen molar-refractivity contribution in [3.63, 3.8) is 0 Å². The highest BCUT2D eigenvalue weighted by Gasteiger charge is 2.06. The fourth-order valence-corrected chi connectivity index (χ4v) is 2.11. The molecule has 0 radical (unpaired) electrons. The first-order valence-corrected chi connectivity index (χ1v) is 6.40. The molecule has 20 heavy (non-hydrogen) atoms. The summed E-state index contributed by atoms with van der Waals surface area (Å²) in [5, 5.41) is 14.9. The summed E-state index contributed by atoms with van der Waals surface area (Å²) in [6.45, 7) is 0.793. The molecule has 0 saturated heterocycles. The average Bonchev–Trinajstić information content (AvgIpc) is 3.05. The highest BCUT2D eigenvalue weighted by molar-refractivity contribution is 5.62. The predicted octanol–water partition coefficient (Wildman–Crippen LogP) is 1.83. The maximum Gasteiger partial charge on any atom is 0.181 e. The lowest BCUT2D eigenvalue weighted by Gasteiger charge is -2.07. The molecule has 1 aromatic carbocycles. The summed E-state index contributed by atoms with van der Waals surface area (Å²) < 4.78 is 3.70. The summed E-state index contributed by atoms with van der Waals surface area (Å²) in [4.78, 5) is 0. The van der Waals surface area contributed by atoms with Gasteiger partial charge in [-0.1, -0.05) is 12.1 Å². The minimum Gasteiger partial charge on any atom is -0.381 e. The lowest BCUT2D eigenvalue weighted by atomic mass is 10.2. The van der Waals surface area contributed by atoms with Gasteiger partial charge in [-0.05, 0) is 34.2 Å². The summed E-state index contributed by atoms with van der Waals surface area (Å²) in [6, 6.07) is 10.2. The van der Waals surface area contributed by atoms with E-state index < -0.39 is 0 Å². The first-order chi connectivity index (χ1) is 9.72. The van der Waals surface area contributed by atoms with Gasteiger partial charge in [0.25, 0.3) is 0 Å². The molecule has 0 aliphatic rings. The van der Waals surface area contributed by atoms with Gasteiger partial charge in [0, 0.05) is 44.3 Å². The quantitative estimate of drug-likeness (QED) is 0.784. The first kappa shape index (κ1) is 12.4. The fourth-order valence-electron chi connectivity index (χ4n) is 2.11. The van der Waals surface area contributed by atoms with E-state index in [9.17, 15) is 0 Å². The summed E-state index contributed by atoms with van der Waals surface area (Å²) in [5.74, 6) is 0.758. The largest absolute Gasteiger partial charge is 0.381 e. The number of hydrogen-bond donors (Lipinski definition) is 1. The number of nitrogens with one attached hydrogen (secondary N) is 1. The van der Waals surface area contributed by atoms with Gasteiger partial charge < -0.3 is 9.88 Å². The SMILES string of the molecule is Cn1ccc(CNc2cccc(-c3nnnn3C)c2)c1. The Bertz CT molecular complexity index is 712. The van der Waals surface area contributed by atoms with Gasteiger partial charge in [-0.3, -0.25) is 0 Å². The molecule has 2 aromatic heterocycles. The van der Waals surface area contributed by atoms with E-state index in [1.165, 1.54) is 5.56 Å². The van der Waals surface area contributed by atoms with Crippen LogP contribution >= 0.6 is 0 Å². The van der Waals surface area contributed by atoms with E-state index in [1.54, 1.807) is 4.68 Å². The van der Waals surface area contributed by atoms with Crippen LogP contribution < -0.4 is 5.32 Å². The second kappa shape index (κ2) is 5.16. The molecule has 0 spiro atoms. The van der Waals surface area contributed by atoms with Gasteiger partial charge in [-0.2, -0.15) is 0 Å². The van der Waals surface area contributed by atoms with Gasteiger partial charge in [0.1, 0.15) is 0 Å². The molecule has 2 heterocycles. The van der Waals surface area contributed by atoms with Crippen molar-refractivity contribution in [1.82, 2.24) is 24.8 Å². The number of benzene rings is 1. The van der Waals surface area contributed by atoms with Crippen LogP contribution in [0.15, 0.2) is 42.7 Å². The monoisotopic (exact) mass is 268 g/mol. The number of rotatable bonds is 4. The minimum atomic E-state index is 0.758. The Kier molecular flexibility index (Phi) is 3.20. The van der Waals surface area contributed by atoms with Gasteiger partial charge in [0.2, 0.25) is 0 Å². The molecular weight excluding hydrogens is 252 g/mol. The summed E-state index contributed by atoms with van der Waals surface area (Å²) >= 11 is 0. The minimum absolute atomic E-state index is 0.758.